The minimum atomic E-state index is -5.78. The summed E-state index contributed by atoms with van der Waals surface area (Å²) < 4.78 is 63.1. The van der Waals surface area contributed by atoms with Crippen molar-refractivity contribution in [3.8, 4) is 5.75 Å². The van der Waals surface area contributed by atoms with Gasteiger partial charge < -0.3 is 4.18 Å². The molecule has 1 aliphatic heterocycles. The fraction of sp³-hybridized carbons (Fsp3) is 0.0714. The highest BCUT2D eigenvalue weighted by atomic mass is 32.2. The highest BCUT2D eigenvalue weighted by molar-refractivity contribution is 7.88. The molecule has 1 heterocycles. The lowest BCUT2D eigenvalue weighted by molar-refractivity contribution is -0.0500. The van der Waals surface area contributed by atoms with Gasteiger partial charge in [-0.15, -0.1) is 0 Å². The normalized spacial score (nSPS) is 13.8. The van der Waals surface area contributed by atoms with Gasteiger partial charge in [0.1, 0.15) is 5.75 Å². The lowest BCUT2D eigenvalue weighted by Crippen LogP contribution is -2.40. The van der Waals surface area contributed by atoms with Crippen molar-refractivity contribution in [2.75, 3.05) is 0 Å². The van der Waals surface area contributed by atoms with E-state index < -0.39 is 27.2 Å². The molecular formula is C14H7BF3O4S. The first-order valence-electron chi connectivity index (χ1n) is 6.32. The first-order valence-corrected chi connectivity index (χ1v) is 7.73. The summed E-state index contributed by atoms with van der Waals surface area (Å²) in [7, 11) is -4.09. The van der Waals surface area contributed by atoms with E-state index >= 15 is 0 Å². The maximum atomic E-state index is 12.4. The van der Waals surface area contributed by atoms with Crippen LogP contribution in [0.2, 0.25) is 0 Å². The lowest BCUT2D eigenvalue weighted by Gasteiger charge is -2.18. The molecule has 2 aromatic carbocycles. The summed E-state index contributed by atoms with van der Waals surface area (Å²) in [5.41, 5.74) is -3.91. The van der Waals surface area contributed by atoms with Crippen LogP contribution in [-0.4, -0.2) is 27.0 Å². The zero-order valence-corrected chi connectivity index (χ0v) is 12.1. The molecule has 23 heavy (non-hydrogen) atoms. The Morgan fingerprint density at radius 2 is 1.61 bits per heavy atom. The molecule has 2 aromatic rings. The van der Waals surface area contributed by atoms with Gasteiger partial charge in [-0.05, 0) is 12.1 Å². The van der Waals surface area contributed by atoms with Crippen LogP contribution in [-0.2, 0) is 10.1 Å². The van der Waals surface area contributed by atoms with Crippen molar-refractivity contribution in [1.82, 2.24) is 0 Å². The summed E-state index contributed by atoms with van der Waals surface area (Å²) in [5, 5.41) is 0. The van der Waals surface area contributed by atoms with Gasteiger partial charge in [0.25, 0.3) is 0 Å². The van der Waals surface area contributed by atoms with Gasteiger partial charge in [-0.2, -0.15) is 21.6 Å². The SMILES string of the molecule is O=C1c2ccccc2[B]c2ccc(OS(=O)(=O)C(F)(F)F)cc21. The Balaban J connectivity index is 1.99. The number of hydrogen-bond acceptors (Lipinski definition) is 4. The van der Waals surface area contributed by atoms with Gasteiger partial charge >= 0.3 is 15.6 Å². The van der Waals surface area contributed by atoms with E-state index in [1.165, 1.54) is 6.07 Å². The third-order valence-corrected chi connectivity index (χ3v) is 4.25. The molecule has 0 fully saturated rings. The van der Waals surface area contributed by atoms with Crippen molar-refractivity contribution in [1.29, 1.82) is 0 Å². The quantitative estimate of drug-likeness (QED) is 0.399. The van der Waals surface area contributed by atoms with Crippen LogP contribution in [0.5, 0.6) is 5.75 Å². The molecule has 0 amide bonds. The van der Waals surface area contributed by atoms with Gasteiger partial charge in [-0.25, -0.2) is 0 Å². The van der Waals surface area contributed by atoms with Crippen molar-refractivity contribution in [2.24, 2.45) is 0 Å². The molecule has 117 valence electrons. The first-order chi connectivity index (χ1) is 10.7. The predicted molar refractivity (Wildman–Crippen MR) is 76.9 cm³/mol. The van der Waals surface area contributed by atoms with Gasteiger partial charge in [0.15, 0.2) is 13.1 Å². The lowest BCUT2D eigenvalue weighted by atomic mass is 9.56. The summed E-state index contributed by atoms with van der Waals surface area (Å²) in [6, 6.07) is 10.1. The number of benzene rings is 2. The van der Waals surface area contributed by atoms with Crippen molar-refractivity contribution >= 4 is 34.1 Å². The molecular weight excluding hydrogens is 332 g/mol. The van der Waals surface area contributed by atoms with E-state index in [1.807, 2.05) is 0 Å². The topological polar surface area (TPSA) is 60.4 Å². The second kappa shape index (κ2) is 5.12. The summed E-state index contributed by atoms with van der Waals surface area (Å²) >= 11 is 0. The van der Waals surface area contributed by atoms with Crippen LogP contribution in [0, 0.1) is 0 Å². The van der Waals surface area contributed by atoms with Gasteiger partial charge in [-0.3, -0.25) is 4.79 Å². The van der Waals surface area contributed by atoms with Crippen molar-refractivity contribution < 1.29 is 30.6 Å². The molecule has 0 bridgehead atoms. The van der Waals surface area contributed by atoms with Gasteiger partial charge in [0, 0.05) is 11.1 Å². The minimum Gasteiger partial charge on any atom is -0.376 e. The van der Waals surface area contributed by atoms with E-state index in [-0.39, 0.29) is 5.56 Å². The summed E-state index contributed by atoms with van der Waals surface area (Å²) in [5.74, 6) is -0.977. The Morgan fingerprint density at radius 3 is 2.30 bits per heavy atom. The minimum absolute atomic E-state index is 0.0820. The number of fused-ring (bicyclic) bond motifs is 2. The van der Waals surface area contributed by atoms with Crippen LogP contribution in [0.3, 0.4) is 0 Å². The van der Waals surface area contributed by atoms with E-state index in [4.69, 9.17) is 0 Å². The van der Waals surface area contributed by atoms with Crippen LogP contribution in [0.15, 0.2) is 42.5 Å². The summed E-state index contributed by atoms with van der Waals surface area (Å²) in [6.45, 7) is 0. The fourth-order valence-corrected chi connectivity index (χ4v) is 2.68. The fourth-order valence-electron chi connectivity index (χ4n) is 2.23. The molecule has 1 aliphatic rings. The number of hydrogen-bond donors (Lipinski definition) is 0. The number of carbonyl (C=O) groups is 1. The van der Waals surface area contributed by atoms with E-state index in [0.29, 0.717) is 16.5 Å². The highest BCUT2D eigenvalue weighted by Gasteiger charge is 2.48. The average Bonchev–Trinajstić information content (AvgIpc) is 2.47. The molecule has 4 nitrogen and oxygen atoms in total. The Morgan fingerprint density at radius 1 is 0.957 bits per heavy atom. The zero-order chi connectivity index (χ0) is 16.8. The van der Waals surface area contributed by atoms with Crippen molar-refractivity contribution in [3.05, 3.63) is 53.6 Å². The maximum absolute atomic E-state index is 12.4. The molecule has 0 aliphatic carbocycles. The molecule has 3 rings (SSSR count). The van der Waals surface area contributed by atoms with E-state index in [1.54, 1.807) is 31.5 Å². The average molecular weight is 339 g/mol. The smallest absolute Gasteiger partial charge is 0.376 e. The van der Waals surface area contributed by atoms with E-state index in [9.17, 15) is 26.4 Å². The molecule has 0 saturated heterocycles. The Labute approximate surface area is 130 Å². The highest BCUT2D eigenvalue weighted by Crippen LogP contribution is 2.27. The molecule has 0 atom stereocenters. The molecule has 9 heteroatoms. The van der Waals surface area contributed by atoms with Gasteiger partial charge in [0.05, 0.1) is 0 Å². The van der Waals surface area contributed by atoms with Gasteiger partial charge in [0.2, 0.25) is 0 Å². The number of rotatable bonds is 2. The molecule has 1 radical (unpaired) electrons. The third kappa shape index (κ3) is 2.72. The van der Waals surface area contributed by atoms with Crippen LogP contribution in [0.1, 0.15) is 15.9 Å². The van der Waals surface area contributed by atoms with Crippen LogP contribution >= 0.6 is 0 Å². The largest absolute Gasteiger partial charge is 0.534 e. The van der Waals surface area contributed by atoms with Crippen LogP contribution in [0.4, 0.5) is 13.2 Å². The Kier molecular flexibility index (Phi) is 3.48. The zero-order valence-electron chi connectivity index (χ0n) is 11.3. The number of halogens is 3. The van der Waals surface area contributed by atoms with Crippen LogP contribution < -0.4 is 15.1 Å². The van der Waals surface area contributed by atoms with E-state index in [2.05, 4.69) is 4.18 Å². The first kappa shape index (κ1) is 15.6. The van der Waals surface area contributed by atoms with Gasteiger partial charge in [-0.1, -0.05) is 41.3 Å². The number of carbonyl (C=O) groups excluding carboxylic acids is 1. The van der Waals surface area contributed by atoms with Crippen LogP contribution in [0.25, 0.3) is 0 Å². The predicted octanol–water partition coefficient (Wildman–Crippen LogP) is 1.11. The maximum Gasteiger partial charge on any atom is 0.534 e. The van der Waals surface area contributed by atoms with Crippen molar-refractivity contribution in [3.63, 3.8) is 0 Å². The summed E-state index contributed by atoms with van der Waals surface area (Å²) in [6.07, 6.45) is 0. The molecule has 0 N–H and O–H groups in total. The second-order valence-corrected chi connectivity index (χ2v) is 6.33. The second-order valence-electron chi connectivity index (χ2n) is 4.79. The Bertz CT molecular complexity index is 906. The molecule has 0 aromatic heterocycles. The number of alkyl halides is 3. The van der Waals surface area contributed by atoms with E-state index in [0.717, 1.165) is 12.1 Å². The molecule has 0 saturated carbocycles. The Hall–Kier alpha value is -2.29. The monoisotopic (exact) mass is 339 g/mol. The van der Waals surface area contributed by atoms with Crippen molar-refractivity contribution in [2.45, 2.75) is 5.51 Å². The number of ketones is 1. The standard InChI is InChI=1S/C14H7BF3O4S/c16-14(17,18)23(20,21)22-8-5-6-12-10(7-8)13(19)9-3-1-2-4-11(9)15-12/h1-7H. The molecule has 0 spiro atoms. The molecule has 0 unspecified atom stereocenters. The third-order valence-electron chi connectivity index (χ3n) is 3.28. The summed E-state index contributed by atoms with van der Waals surface area (Å²) in [4.78, 5) is 12.4.